The molecule has 0 bridgehead atoms. The van der Waals surface area contributed by atoms with Gasteiger partial charge in [0, 0.05) is 6.04 Å². The van der Waals surface area contributed by atoms with E-state index in [0.29, 0.717) is 6.04 Å². The van der Waals surface area contributed by atoms with Crippen molar-refractivity contribution < 1.29 is 5.11 Å². The lowest BCUT2D eigenvalue weighted by Gasteiger charge is -2.42. The Morgan fingerprint density at radius 3 is 2.41 bits per heavy atom. The molecule has 2 rings (SSSR count). The van der Waals surface area contributed by atoms with E-state index in [1.165, 1.54) is 38.5 Å². The van der Waals surface area contributed by atoms with Gasteiger partial charge in [0.15, 0.2) is 0 Å². The van der Waals surface area contributed by atoms with E-state index in [2.05, 4.69) is 19.2 Å². The Bertz CT molecular complexity index is 223. The molecule has 17 heavy (non-hydrogen) atoms. The van der Waals surface area contributed by atoms with Crippen molar-refractivity contribution in [3.8, 4) is 0 Å². The van der Waals surface area contributed by atoms with Gasteiger partial charge in [-0.05, 0) is 56.9 Å². The van der Waals surface area contributed by atoms with E-state index in [1.54, 1.807) is 0 Å². The Morgan fingerprint density at radius 2 is 1.76 bits per heavy atom. The monoisotopic (exact) mass is 239 g/mol. The van der Waals surface area contributed by atoms with E-state index in [9.17, 15) is 5.11 Å². The molecule has 0 amide bonds. The van der Waals surface area contributed by atoms with Gasteiger partial charge in [-0.25, -0.2) is 0 Å². The Labute approximate surface area is 106 Å². The molecule has 2 aliphatic rings. The van der Waals surface area contributed by atoms with Gasteiger partial charge in [0.05, 0.1) is 5.60 Å². The average molecular weight is 239 g/mol. The Kier molecular flexibility index (Phi) is 4.48. The van der Waals surface area contributed by atoms with E-state index in [0.717, 1.165) is 31.2 Å². The number of hydrogen-bond donors (Lipinski definition) is 2. The van der Waals surface area contributed by atoms with Crippen molar-refractivity contribution in [2.75, 3.05) is 6.54 Å². The van der Waals surface area contributed by atoms with Crippen molar-refractivity contribution in [1.82, 2.24) is 5.32 Å². The predicted octanol–water partition coefficient (Wildman–Crippen LogP) is 3.10. The fraction of sp³-hybridized carbons (Fsp3) is 1.00. The van der Waals surface area contributed by atoms with Crippen LogP contribution < -0.4 is 5.32 Å². The molecule has 2 heteroatoms. The molecule has 0 aromatic carbocycles. The molecule has 1 atom stereocenters. The second-order valence-corrected chi connectivity index (χ2v) is 6.54. The van der Waals surface area contributed by atoms with Crippen molar-refractivity contribution in [3.63, 3.8) is 0 Å². The van der Waals surface area contributed by atoms with Gasteiger partial charge in [0.1, 0.15) is 0 Å². The minimum Gasteiger partial charge on any atom is -0.388 e. The minimum atomic E-state index is -0.407. The highest BCUT2D eigenvalue weighted by Gasteiger charge is 2.40. The first-order valence-electron chi connectivity index (χ1n) is 7.57. The fourth-order valence-corrected chi connectivity index (χ4v) is 3.64. The Morgan fingerprint density at radius 1 is 1.06 bits per heavy atom. The summed E-state index contributed by atoms with van der Waals surface area (Å²) in [5.41, 5.74) is -0.407. The largest absolute Gasteiger partial charge is 0.388 e. The van der Waals surface area contributed by atoms with Gasteiger partial charge in [0.25, 0.3) is 0 Å². The summed E-state index contributed by atoms with van der Waals surface area (Å²) in [6.45, 7) is 5.73. The van der Waals surface area contributed by atoms with Crippen molar-refractivity contribution in [3.05, 3.63) is 0 Å². The predicted molar refractivity (Wildman–Crippen MR) is 72.0 cm³/mol. The van der Waals surface area contributed by atoms with Gasteiger partial charge in [-0.3, -0.25) is 0 Å². The summed E-state index contributed by atoms with van der Waals surface area (Å²) in [5.74, 6) is 1.61. The van der Waals surface area contributed by atoms with Crippen LogP contribution in [0.1, 0.15) is 65.2 Å². The molecule has 0 aromatic heterocycles. The minimum absolute atomic E-state index is 0.359. The molecule has 1 heterocycles. The molecular formula is C15H29NO. The van der Waals surface area contributed by atoms with Gasteiger partial charge in [-0.1, -0.05) is 26.7 Å². The third kappa shape index (κ3) is 3.23. The maximum Gasteiger partial charge on any atom is 0.0800 e. The van der Waals surface area contributed by atoms with Gasteiger partial charge < -0.3 is 10.4 Å². The SMILES string of the molecule is CC(C)C1CCC(O)(C2CCCCCN2)CC1. The summed E-state index contributed by atoms with van der Waals surface area (Å²) in [5, 5.41) is 14.4. The molecule has 0 spiro atoms. The van der Waals surface area contributed by atoms with E-state index in [-0.39, 0.29) is 0 Å². The highest BCUT2D eigenvalue weighted by atomic mass is 16.3. The lowest BCUT2D eigenvalue weighted by Crippen LogP contribution is -2.52. The van der Waals surface area contributed by atoms with Crippen LogP contribution in [0.4, 0.5) is 0 Å². The summed E-state index contributed by atoms with van der Waals surface area (Å²) in [4.78, 5) is 0. The molecule has 2 N–H and O–H groups in total. The molecule has 1 saturated heterocycles. The lowest BCUT2D eigenvalue weighted by molar-refractivity contribution is -0.0468. The van der Waals surface area contributed by atoms with Crippen LogP contribution in [-0.2, 0) is 0 Å². The molecule has 100 valence electrons. The first kappa shape index (κ1) is 13.4. The quantitative estimate of drug-likeness (QED) is 0.776. The van der Waals surface area contributed by atoms with E-state index in [4.69, 9.17) is 0 Å². The second-order valence-electron chi connectivity index (χ2n) is 6.54. The lowest BCUT2D eigenvalue weighted by atomic mass is 9.71. The van der Waals surface area contributed by atoms with Gasteiger partial charge >= 0.3 is 0 Å². The maximum atomic E-state index is 10.9. The Balaban J connectivity index is 1.91. The molecule has 2 fully saturated rings. The Hall–Kier alpha value is -0.0800. The van der Waals surface area contributed by atoms with E-state index in [1.807, 2.05) is 0 Å². The molecular weight excluding hydrogens is 210 g/mol. The number of hydrogen-bond acceptors (Lipinski definition) is 2. The molecule has 2 nitrogen and oxygen atoms in total. The first-order chi connectivity index (χ1) is 8.12. The van der Waals surface area contributed by atoms with Crippen molar-refractivity contribution >= 4 is 0 Å². The van der Waals surface area contributed by atoms with Gasteiger partial charge in [0.2, 0.25) is 0 Å². The van der Waals surface area contributed by atoms with E-state index < -0.39 is 5.60 Å². The highest BCUT2D eigenvalue weighted by molar-refractivity contribution is 4.96. The van der Waals surface area contributed by atoms with E-state index >= 15 is 0 Å². The molecule has 0 radical (unpaired) electrons. The fourth-order valence-electron chi connectivity index (χ4n) is 3.64. The molecule has 0 aromatic rings. The standard InChI is InChI=1S/C15H29NO/c1-12(2)13-7-9-15(17,10-8-13)14-6-4-3-5-11-16-14/h12-14,16-17H,3-11H2,1-2H3. The third-order valence-corrected chi connectivity index (χ3v) is 5.05. The van der Waals surface area contributed by atoms with Crippen LogP contribution in [0, 0.1) is 11.8 Å². The first-order valence-corrected chi connectivity index (χ1v) is 7.57. The van der Waals surface area contributed by atoms with Crippen molar-refractivity contribution in [1.29, 1.82) is 0 Å². The average Bonchev–Trinajstić information content (AvgIpc) is 2.58. The summed E-state index contributed by atoms with van der Waals surface area (Å²) >= 11 is 0. The van der Waals surface area contributed by atoms with Crippen LogP contribution in [-0.4, -0.2) is 23.3 Å². The third-order valence-electron chi connectivity index (χ3n) is 5.05. The highest BCUT2D eigenvalue weighted by Crippen LogP contribution is 2.39. The molecule has 1 saturated carbocycles. The van der Waals surface area contributed by atoms with Crippen LogP contribution in [0.5, 0.6) is 0 Å². The van der Waals surface area contributed by atoms with Crippen LogP contribution in [0.25, 0.3) is 0 Å². The summed E-state index contributed by atoms with van der Waals surface area (Å²) in [6, 6.07) is 0.359. The molecule has 1 aliphatic carbocycles. The van der Waals surface area contributed by atoms with Crippen molar-refractivity contribution in [2.45, 2.75) is 76.9 Å². The molecule has 1 aliphatic heterocycles. The van der Waals surface area contributed by atoms with Crippen LogP contribution in [0.15, 0.2) is 0 Å². The summed E-state index contributed by atoms with van der Waals surface area (Å²) in [7, 11) is 0. The topological polar surface area (TPSA) is 32.3 Å². The van der Waals surface area contributed by atoms with Crippen LogP contribution >= 0.6 is 0 Å². The zero-order chi connectivity index (χ0) is 12.3. The second kappa shape index (κ2) is 5.71. The number of nitrogens with one attached hydrogen (secondary N) is 1. The number of rotatable bonds is 2. The smallest absolute Gasteiger partial charge is 0.0800 e. The number of aliphatic hydroxyl groups is 1. The van der Waals surface area contributed by atoms with Gasteiger partial charge in [-0.2, -0.15) is 0 Å². The summed E-state index contributed by atoms with van der Waals surface area (Å²) < 4.78 is 0. The zero-order valence-electron chi connectivity index (χ0n) is 11.5. The normalized spacial score (nSPS) is 40.2. The zero-order valence-corrected chi connectivity index (χ0v) is 11.5. The van der Waals surface area contributed by atoms with Crippen LogP contribution in [0.3, 0.4) is 0 Å². The maximum absolute atomic E-state index is 10.9. The van der Waals surface area contributed by atoms with Crippen molar-refractivity contribution in [2.24, 2.45) is 11.8 Å². The van der Waals surface area contributed by atoms with Gasteiger partial charge in [-0.15, -0.1) is 0 Å². The molecule has 1 unspecified atom stereocenters. The van der Waals surface area contributed by atoms with Crippen LogP contribution in [0.2, 0.25) is 0 Å². The summed E-state index contributed by atoms with van der Waals surface area (Å²) in [6.07, 6.45) is 9.51.